The monoisotopic (exact) mass is 299 g/mol. The van der Waals surface area contributed by atoms with Crippen LogP contribution in [0.5, 0.6) is 0 Å². The van der Waals surface area contributed by atoms with Crippen molar-refractivity contribution in [3.63, 3.8) is 0 Å². The van der Waals surface area contributed by atoms with Crippen molar-refractivity contribution in [1.82, 2.24) is 0 Å². The lowest BCUT2D eigenvalue weighted by Crippen LogP contribution is -2.12. The van der Waals surface area contributed by atoms with Gasteiger partial charge in [-0.2, -0.15) is 0 Å². The quantitative estimate of drug-likeness (QED) is 0.855. The SMILES string of the molecule is CCc1ccsc1C(=O)Nc1ccc(C#CCO)c(C)c1. The molecular weight excluding hydrogens is 282 g/mol. The Bertz CT molecular complexity index is 707. The third-order valence-corrected chi connectivity index (χ3v) is 4.08. The Balaban J connectivity index is 2.17. The van der Waals surface area contributed by atoms with Crippen LogP contribution in [-0.4, -0.2) is 17.6 Å². The van der Waals surface area contributed by atoms with E-state index >= 15 is 0 Å². The normalized spacial score (nSPS) is 9.86. The van der Waals surface area contributed by atoms with Gasteiger partial charge in [-0.1, -0.05) is 18.8 Å². The second-order valence-corrected chi connectivity index (χ2v) is 5.49. The van der Waals surface area contributed by atoms with Crippen molar-refractivity contribution in [3.05, 3.63) is 51.2 Å². The third-order valence-electron chi connectivity index (χ3n) is 3.12. The Labute approximate surface area is 128 Å². The van der Waals surface area contributed by atoms with Crippen LogP contribution < -0.4 is 5.32 Å². The van der Waals surface area contributed by atoms with Gasteiger partial charge in [0.1, 0.15) is 6.61 Å². The van der Waals surface area contributed by atoms with Crippen molar-refractivity contribution in [2.24, 2.45) is 0 Å². The third kappa shape index (κ3) is 3.72. The molecule has 108 valence electrons. The summed E-state index contributed by atoms with van der Waals surface area (Å²) in [7, 11) is 0. The van der Waals surface area contributed by atoms with Crippen LogP contribution in [0.1, 0.15) is 33.3 Å². The van der Waals surface area contributed by atoms with Gasteiger partial charge in [0.25, 0.3) is 5.91 Å². The number of thiophene rings is 1. The summed E-state index contributed by atoms with van der Waals surface area (Å²) in [6, 6.07) is 7.55. The Morgan fingerprint density at radius 3 is 2.86 bits per heavy atom. The minimum Gasteiger partial charge on any atom is -0.384 e. The molecule has 3 nitrogen and oxygen atoms in total. The topological polar surface area (TPSA) is 49.3 Å². The van der Waals surface area contributed by atoms with Gasteiger partial charge >= 0.3 is 0 Å². The first-order chi connectivity index (χ1) is 10.2. The number of aliphatic hydroxyl groups is 1. The molecule has 1 amide bonds. The molecule has 21 heavy (non-hydrogen) atoms. The fraction of sp³-hybridized carbons (Fsp3) is 0.235. The Hall–Kier alpha value is -2.09. The molecule has 1 aromatic carbocycles. The number of carbonyl (C=O) groups is 1. The molecule has 0 atom stereocenters. The van der Waals surface area contributed by atoms with E-state index in [-0.39, 0.29) is 12.5 Å². The van der Waals surface area contributed by atoms with Gasteiger partial charge in [0, 0.05) is 11.3 Å². The van der Waals surface area contributed by atoms with Crippen LogP contribution in [-0.2, 0) is 6.42 Å². The summed E-state index contributed by atoms with van der Waals surface area (Å²) in [4.78, 5) is 13.0. The number of anilines is 1. The van der Waals surface area contributed by atoms with Gasteiger partial charge in [-0.05, 0) is 54.1 Å². The Kier molecular flexibility index (Phi) is 5.15. The standard InChI is InChI=1S/C17H17NO2S/c1-3-13-8-10-21-16(13)17(20)18-15-7-6-14(5-4-9-19)12(2)11-15/h6-8,10-11,19H,3,9H2,1-2H3,(H,18,20). The second kappa shape index (κ2) is 7.07. The van der Waals surface area contributed by atoms with Gasteiger partial charge in [-0.15, -0.1) is 11.3 Å². The van der Waals surface area contributed by atoms with Crippen molar-refractivity contribution >= 4 is 22.9 Å². The van der Waals surface area contributed by atoms with Gasteiger partial charge in [0.05, 0.1) is 4.88 Å². The lowest BCUT2D eigenvalue weighted by atomic mass is 10.1. The minimum absolute atomic E-state index is 0.0737. The van der Waals surface area contributed by atoms with Crippen molar-refractivity contribution < 1.29 is 9.90 Å². The van der Waals surface area contributed by atoms with Crippen molar-refractivity contribution in [2.75, 3.05) is 11.9 Å². The molecule has 0 aliphatic carbocycles. The zero-order valence-corrected chi connectivity index (χ0v) is 12.9. The van der Waals surface area contributed by atoms with Crippen LogP contribution >= 0.6 is 11.3 Å². The maximum Gasteiger partial charge on any atom is 0.266 e. The van der Waals surface area contributed by atoms with Crippen molar-refractivity contribution in [3.8, 4) is 11.8 Å². The number of rotatable bonds is 3. The Morgan fingerprint density at radius 1 is 1.38 bits per heavy atom. The zero-order chi connectivity index (χ0) is 15.2. The smallest absolute Gasteiger partial charge is 0.266 e. The van der Waals surface area contributed by atoms with E-state index in [2.05, 4.69) is 17.2 Å². The maximum atomic E-state index is 12.3. The molecule has 0 spiro atoms. The van der Waals surface area contributed by atoms with E-state index in [1.54, 1.807) is 0 Å². The summed E-state index contributed by atoms with van der Waals surface area (Å²) >= 11 is 1.46. The number of aliphatic hydroxyl groups excluding tert-OH is 1. The first-order valence-corrected chi connectivity index (χ1v) is 7.61. The number of hydrogen-bond acceptors (Lipinski definition) is 3. The van der Waals surface area contributed by atoms with Gasteiger partial charge in [-0.3, -0.25) is 4.79 Å². The number of hydrogen-bond donors (Lipinski definition) is 2. The second-order valence-electron chi connectivity index (χ2n) is 4.57. The summed E-state index contributed by atoms with van der Waals surface area (Å²) in [5.74, 6) is 5.43. The largest absolute Gasteiger partial charge is 0.384 e. The summed E-state index contributed by atoms with van der Waals surface area (Å²) in [5.41, 5.74) is 3.64. The predicted octanol–water partition coefficient (Wildman–Crippen LogP) is 3.22. The number of aryl methyl sites for hydroxylation is 2. The van der Waals surface area contributed by atoms with E-state index in [4.69, 9.17) is 5.11 Å². The van der Waals surface area contributed by atoms with E-state index < -0.39 is 0 Å². The highest BCUT2D eigenvalue weighted by atomic mass is 32.1. The molecule has 1 heterocycles. The number of nitrogens with one attached hydrogen (secondary N) is 1. The molecule has 0 aliphatic rings. The van der Waals surface area contributed by atoms with Gasteiger partial charge in [0.2, 0.25) is 0 Å². The molecular formula is C17H17NO2S. The van der Waals surface area contributed by atoms with Gasteiger partial charge in [0.15, 0.2) is 0 Å². The van der Waals surface area contributed by atoms with Crippen molar-refractivity contribution in [2.45, 2.75) is 20.3 Å². The molecule has 0 saturated heterocycles. The van der Waals surface area contributed by atoms with Crippen LogP contribution in [0, 0.1) is 18.8 Å². The first-order valence-electron chi connectivity index (χ1n) is 6.73. The average molecular weight is 299 g/mol. The van der Waals surface area contributed by atoms with E-state index in [1.807, 2.05) is 43.5 Å². The van der Waals surface area contributed by atoms with Crippen LogP contribution in [0.3, 0.4) is 0 Å². The van der Waals surface area contributed by atoms with E-state index in [0.29, 0.717) is 0 Å². The zero-order valence-electron chi connectivity index (χ0n) is 12.1. The van der Waals surface area contributed by atoms with Crippen LogP contribution in [0.15, 0.2) is 29.6 Å². The summed E-state index contributed by atoms with van der Waals surface area (Å²) in [6.07, 6.45) is 0.848. The maximum absolute atomic E-state index is 12.3. The highest BCUT2D eigenvalue weighted by Gasteiger charge is 2.12. The van der Waals surface area contributed by atoms with E-state index in [1.165, 1.54) is 11.3 Å². The average Bonchev–Trinajstić information content (AvgIpc) is 2.95. The fourth-order valence-corrected chi connectivity index (χ4v) is 2.91. The molecule has 4 heteroatoms. The van der Waals surface area contributed by atoms with Gasteiger partial charge < -0.3 is 10.4 Å². The number of carbonyl (C=O) groups excluding carboxylic acids is 1. The molecule has 0 unspecified atom stereocenters. The van der Waals surface area contributed by atoms with Crippen molar-refractivity contribution in [1.29, 1.82) is 0 Å². The number of amides is 1. The first kappa shape index (κ1) is 15.3. The summed E-state index contributed by atoms with van der Waals surface area (Å²) < 4.78 is 0. The lowest BCUT2D eigenvalue weighted by Gasteiger charge is -2.07. The molecule has 0 bridgehead atoms. The van der Waals surface area contributed by atoms with Crippen LogP contribution in [0.25, 0.3) is 0 Å². The molecule has 0 saturated carbocycles. The van der Waals surface area contributed by atoms with Crippen LogP contribution in [0.2, 0.25) is 0 Å². The molecule has 2 rings (SSSR count). The molecule has 2 N–H and O–H groups in total. The molecule has 0 aliphatic heterocycles. The molecule has 0 fully saturated rings. The minimum atomic E-state index is -0.157. The van der Waals surface area contributed by atoms with E-state index in [9.17, 15) is 4.79 Å². The van der Waals surface area contributed by atoms with Crippen LogP contribution in [0.4, 0.5) is 5.69 Å². The number of benzene rings is 1. The predicted molar refractivity (Wildman–Crippen MR) is 86.8 cm³/mol. The molecule has 1 aromatic heterocycles. The highest BCUT2D eigenvalue weighted by Crippen LogP contribution is 2.20. The Morgan fingerprint density at radius 2 is 2.19 bits per heavy atom. The summed E-state index contributed by atoms with van der Waals surface area (Å²) in [6.45, 7) is 3.81. The highest BCUT2D eigenvalue weighted by molar-refractivity contribution is 7.12. The summed E-state index contributed by atoms with van der Waals surface area (Å²) in [5, 5.41) is 13.6. The van der Waals surface area contributed by atoms with E-state index in [0.717, 1.165) is 33.7 Å². The molecule has 0 radical (unpaired) electrons. The molecule has 2 aromatic rings. The lowest BCUT2D eigenvalue weighted by molar-refractivity contribution is 0.103. The fourth-order valence-electron chi connectivity index (χ4n) is 2.02. The van der Waals surface area contributed by atoms with Gasteiger partial charge in [-0.25, -0.2) is 0 Å².